The molecule has 0 radical (unpaired) electrons. The molecular formula is C30H26F3N7O. The van der Waals surface area contributed by atoms with Crippen LogP contribution in [-0.4, -0.2) is 32.6 Å². The number of allylic oxidation sites excluding steroid dienone is 2. The molecule has 4 aromatic rings. The van der Waals surface area contributed by atoms with Crippen LogP contribution >= 0.6 is 0 Å². The van der Waals surface area contributed by atoms with Crippen molar-refractivity contribution in [1.29, 1.82) is 0 Å². The fourth-order valence-electron chi connectivity index (χ4n) is 4.12. The smallest absolute Gasteiger partial charge is 0.356 e. The molecule has 0 bridgehead atoms. The zero-order valence-corrected chi connectivity index (χ0v) is 22.5. The Morgan fingerprint density at radius 1 is 1.07 bits per heavy atom. The van der Waals surface area contributed by atoms with Gasteiger partial charge in [0.2, 0.25) is 5.95 Å². The van der Waals surface area contributed by atoms with Gasteiger partial charge in [-0.05, 0) is 73.0 Å². The van der Waals surface area contributed by atoms with Crippen molar-refractivity contribution in [2.24, 2.45) is 0 Å². The van der Waals surface area contributed by atoms with Crippen molar-refractivity contribution in [1.82, 2.24) is 25.0 Å². The van der Waals surface area contributed by atoms with Gasteiger partial charge in [0.15, 0.2) is 5.65 Å². The van der Waals surface area contributed by atoms with E-state index in [-0.39, 0.29) is 23.4 Å². The highest BCUT2D eigenvalue weighted by molar-refractivity contribution is 6.04. The topological polar surface area (TPSA) is 86.6 Å². The number of carbonyl (C=O) groups is 1. The van der Waals surface area contributed by atoms with Gasteiger partial charge in [-0.1, -0.05) is 24.0 Å². The minimum absolute atomic E-state index is 0.0101. The van der Waals surface area contributed by atoms with Crippen molar-refractivity contribution in [2.75, 3.05) is 17.7 Å². The zero-order chi connectivity index (χ0) is 29.1. The quantitative estimate of drug-likeness (QED) is 0.282. The minimum atomic E-state index is -4.60. The highest BCUT2D eigenvalue weighted by atomic mass is 19.4. The number of aryl methyl sites for hydroxylation is 1. The number of carbonyl (C=O) groups excluding carboxylic acids is 1. The van der Waals surface area contributed by atoms with Crippen LogP contribution in [0.5, 0.6) is 0 Å². The first-order valence-corrected chi connectivity index (χ1v) is 12.7. The number of nitrogens with one attached hydrogen (secondary N) is 3. The number of aromatic nitrogens is 3. The number of fused-ring (bicyclic) bond motifs is 1. The van der Waals surface area contributed by atoms with Crippen LogP contribution in [0.1, 0.15) is 45.1 Å². The predicted molar refractivity (Wildman–Crippen MR) is 151 cm³/mol. The molecule has 0 saturated carbocycles. The van der Waals surface area contributed by atoms with Crippen molar-refractivity contribution in [2.45, 2.75) is 26.6 Å². The van der Waals surface area contributed by atoms with Gasteiger partial charge in [0.25, 0.3) is 5.91 Å². The van der Waals surface area contributed by atoms with Crippen molar-refractivity contribution in [3.63, 3.8) is 0 Å². The summed E-state index contributed by atoms with van der Waals surface area (Å²) in [4.78, 5) is 17.3. The summed E-state index contributed by atoms with van der Waals surface area (Å²) >= 11 is 0. The minimum Gasteiger partial charge on any atom is -0.356 e. The average Bonchev–Trinajstić information content (AvgIpc) is 3.36. The van der Waals surface area contributed by atoms with E-state index >= 15 is 0 Å². The fraction of sp³-hybridized carbons (Fsp3) is 0.167. The third-order valence-electron chi connectivity index (χ3n) is 6.39. The summed E-state index contributed by atoms with van der Waals surface area (Å²) in [7, 11) is 1.73. The van der Waals surface area contributed by atoms with Gasteiger partial charge in [0.05, 0.1) is 12.1 Å². The first-order chi connectivity index (χ1) is 19.6. The van der Waals surface area contributed by atoms with Gasteiger partial charge in [-0.2, -0.15) is 18.2 Å². The first kappa shape index (κ1) is 27.3. The van der Waals surface area contributed by atoms with E-state index in [1.165, 1.54) is 12.1 Å². The highest BCUT2D eigenvalue weighted by Gasteiger charge is 2.34. The molecule has 8 nitrogen and oxygen atoms in total. The molecule has 208 valence electrons. The molecule has 1 amide bonds. The van der Waals surface area contributed by atoms with E-state index in [1.807, 2.05) is 19.9 Å². The maximum atomic E-state index is 13.9. The van der Waals surface area contributed by atoms with Gasteiger partial charge in [-0.25, -0.2) is 4.52 Å². The number of hydrogen-bond acceptors (Lipinski definition) is 6. The number of nitrogens with zero attached hydrogens (tertiary/aromatic N) is 4. The van der Waals surface area contributed by atoms with E-state index in [0.29, 0.717) is 22.7 Å². The number of halogens is 3. The van der Waals surface area contributed by atoms with Gasteiger partial charge < -0.3 is 16.1 Å². The maximum Gasteiger partial charge on any atom is 0.416 e. The molecule has 0 saturated heterocycles. The molecule has 1 aliphatic heterocycles. The SMILES string of the molecule is CNc1nc2ccc(C#Cc3cc(C(=O)Nc4ccc(CN5C=CC(C)=CN5)c(C(F)(F)F)c4)ccc3C)cn2n1. The van der Waals surface area contributed by atoms with E-state index in [9.17, 15) is 18.0 Å². The Bertz CT molecular complexity index is 1760. The van der Waals surface area contributed by atoms with Crippen LogP contribution in [0.25, 0.3) is 5.65 Å². The molecule has 41 heavy (non-hydrogen) atoms. The lowest BCUT2D eigenvalue weighted by atomic mass is 10.0. The highest BCUT2D eigenvalue weighted by Crippen LogP contribution is 2.34. The Morgan fingerprint density at radius 2 is 1.90 bits per heavy atom. The number of anilines is 2. The monoisotopic (exact) mass is 557 g/mol. The van der Waals surface area contributed by atoms with E-state index in [2.05, 4.69) is 38.0 Å². The number of alkyl halides is 3. The second-order valence-corrected chi connectivity index (χ2v) is 9.47. The third-order valence-corrected chi connectivity index (χ3v) is 6.39. The van der Waals surface area contributed by atoms with Gasteiger partial charge in [-0.15, -0.1) is 5.10 Å². The Balaban J connectivity index is 1.35. The summed E-state index contributed by atoms with van der Waals surface area (Å²) in [6, 6.07) is 12.4. The number of amides is 1. The van der Waals surface area contributed by atoms with E-state index < -0.39 is 17.6 Å². The largest absolute Gasteiger partial charge is 0.416 e. The van der Waals surface area contributed by atoms with Gasteiger partial charge >= 0.3 is 6.18 Å². The lowest BCUT2D eigenvalue weighted by Crippen LogP contribution is -2.31. The van der Waals surface area contributed by atoms with Crippen LogP contribution < -0.4 is 16.1 Å². The lowest BCUT2D eigenvalue weighted by Gasteiger charge is -2.25. The number of rotatable bonds is 5. The van der Waals surface area contributed by atoms with E-state index in [4.69, 9.17) is 0 Å². The molecule has 11 heteroatoms. The van der Waals surface area contributed by atoms with Gasteiger partial charge in [0, 0.05) is 48.0 Å². The van der Waals surface area contributed by atoms with Gasteiger partial charge in [-0.3, -0.25) is 9.80 Å². The second-order valence-electron chi connectivity index (χ2n) is 9.47. The van der Waals surface area contributed by atoms with Gasteiger partial charge in [0.1, 0.15) is 0 Å². The van der Waals surface area contributed by atoms with Crippen LogP contribution in [0.15, 0.2) is 78.8 Å². The number of pyridine rings is 1. The molecule has 2 aromatic carbocycles. The first-order valence-electron chi connectivity index (χ1n) is 12.7. The van der Waals surface area contributed by atoms with E-state index in [1.54, 1.807) is 65.5 Å². The summed E-state index contributed by atoms with van der Waals surface area (Å²) in [6.07, 6.45) is 2.33. The number of hydrazine groups is 1. The van der Waals surface area contributed by atoms with Crippen molar-refractivity contribution < 1.29 is 18.0 Å². The van der Waals surface area contributed by atoms with Crippen LogP contribution in [0.2, 0.25) is 0 Å². The predicted octanol–water partition coefficient (Wildman–Crippen LogP) is 5.49. The molecule has 0 spiro atoms. The van der Waals surface area contributed by atoms with E-state index in [0.717, 1.165) is 17.2 Å². The normalized spacial score (nSPS) is 12.8. The second kappa shape index (κ2) is 11.1. The summed E-state index contributed by atoms with van der Waals surface area (Å²) in [5.74, 6) is 6.09. The lowest BCUT2D eigenvalue weighted by molar-refractivity contribution is -0.138. The van der Waals surface area contributed by atoms with Crippen molar-refractivity contribution >= 4 is 23.2 Å². The molecule has 1 aliphatic rings. The van der Waals surface area contributed by atoms with Crippen LogP contribution in [0, 0.1) is 18.8 Å². The fourth-order valence-corrected chi connectivity index (χ4v) is 4.12. The van der Waals surface area contributed by atoms with Crippen LogP contribution in [-0.2, 0) is 12.7 Å². The molecule has 0 aliphatic carbocycles. The third kappa shape index (κ3) is 6.33. The molecule has 3 N–H and O–H groups in total. The average molecular weight is 558 g/mol. The maximum absolute atomic E-state index is 13.9. The Kier molecular flexibility index (Phi) is 7.40. The molecule has 0 atom stereocenters. The number of benzene rings is 2. The Hall–Kier alpha value is -5.24. The Labute approximate surface area is 234 Å². The molecular weight excluding hydrogens is 531 g/mol. The Morgan fingerprint density at radius 3 is 2.63 bits per heavy atom. The summed E-state index contributed by atoms with van der Waals surface area (Å²) in [5.41, 5.74) is 6.28. The number of hydrogen-bond donors (Lipinski definition) is 3. The molecule has 0 unspecified atom stereocenters. The van der Waals surface area contributed by atoms with Crippen molar-refractivity contribution in [3.8, 4) is 11.8 Å². The van der Waals surface area contributed by atoms with Crippen LogP contribution in [0.3, 0.4) is 0 Å². The molecule has 5 rings (SSSR count). The molecule has 2 aromatic heterocycles. The van der Waals surface area contributed by atoms with Crippen molar-refractivity contribution in [3.05, 3.63) is 112 Å². The summed E-state index contributed by atoms with van der Waals surface area (Å²) in [6.45, 7) is 3.73. The standard InChI is InChI=1S/C30H26F3N7O/c1-19-12-13-39(35-16-19)18-24-9-10-25(15-26(24)30(31,32)33)36-28(41)23-7-4-20(2)22(14-23)8-5-21-6-11-27-37-29(34-3)38-40(27)17-21/h4,6-7,9-17,35H,18H2,1-3H3,(H,34,38)(H,36,41). The summed E-state index contributed by atoms with van der Waals surface area (Å²) < 4.78 is 43.4. The zero-order valence-electron chi connectivity index (χ0n) is 22.5. The van der Waals surface area contributed by atoms with Crippen LogP contribution in [0.4, 0.5) is 24.8 Å². The molecule has 0 fully saturated rings. The summed E-state index contributed by atoms with van der Waals surface area (Å²) in [5, 5.41) is 11.3. The molecule has 3 heterocycles.